The average molecular weight is 349 g/mol. The fourth-order valence-corrected chi connectivity index (χ4v) is 5.09. The first-order valence-electron chi connectivity index (χ1n) is 9.38. The standard InChI is InChI=1S/2C10H22S/c2*1-6-11-10(9(4)5)7-8(2)3/h2*8-10H,6-7H2,1-5H3. The van der Waals surface area contributed by atoms with Gasteiger partial charge >= 0.3 is 0 Å². The molecule has 0 amide bonds. The summed E-state index contributed by atoms with van der Waals surface area (Å²) in [5.41, 5.74) is 0. The van der Waals surface area contributed by atoms with E-state index in [1.54, 1.807) is 0 Å². The SMILES string of the molecule is CCSC(CC(C)C)C(C)C.CCSC(CC(C)C)C(C)C. The molecular weight excluding hydrogens is 304 g/mol. The van der Waals surface area contributed by atoms with Crippen LogP contribution < -0.4 is 0 Å². The van der Waals surface area contributed by atoms with Crippen LogP contribution in [0.15, 0.2) is 0 Å². The van der Waals surface area contributed by atoms with Crippen LogP contribution in [-0.2, 0) is 0 Å². The fourth-order valence-electron chi connectivity index (χ4n) is 2.42. The molecule has 0 aliphatic rings. The van der Waals surface area contributed by atoms with E-state index in [0.29, 0.717) is 0 Å². The first kappa shape index (κ1) is 24.9. The molecule has 22 heavy (non-hydrogen) atoms. The molecular formula is C20H44S2. The second-order valence-corrected chi connectivity index (χ2v) is 10.8. The van der Waals surface area contributed by atoms with Gasteiger partial charge in [-0.3, -0.25) is 0 Å². The summed E-state index contributed by atoms with van der Waals surface area (Å²) in [4.78, 5) is 0. The van der Waals surface area contributed by atoms with Gasteiger partial charge in [-0.1, -0.05) is 69.2 Å². The number of thioether (sulfide) groups is 2. The molecule has 0 N–H and O–H groups in total. The summed E-state index contributed by atoms with van der Waals surface area (Å²) < 4.78 is 0. The summed E-state index contributed by atoms with van der Waals surface area (Å²) in [6.45, 7) is 23.1. The van der Waals surface area contributed by atoms with Crippen LogP contribution in [0.2, 0.25) is 0 Å². The third-order valence-electron chi connectivity index (χ3n) is 3.66. The van der Waals surface area contributed by atoms with Crippen molar-refractivity contribution in [2.45, 2.75) is 92.6 Å². The van der Waals surface area contributed by atoms with Crippen molar-refractivity contribution in [2.24, 2.45) is 23.7 Å². The van der Waals surface area contributed by atoms with Gasteiger partial charge in [0, 0.05) is 10.5 Å². The Morgan fingerprint density at radius 1 is 0.545 bits per heavy atom. The van der Waals surface area contributed by atoms with Gasteiger partial charge < -0.3 is 0 Å². The highest BCUT2D eigenvalue weighted by Crippen LogP contribution is 2.26. The minimum absolute atomic E-state index is 0.836. The molecule has 0 aromatic rings. The van der Waals surface area contributed by atoms with Gasteiger partial charge in [0.2, 0.25) is 0 Å². The molecule has 0 rings (SSSR count). The number of hydrogen-bond donors (Lipinski definition) is 0. The third kappa shape index (κ3) is 15.6. The maximum absolute atomic E-state index is 2.33. The first-order valence-corrected chi connectivity index (χ1v) is 11.5. The Labute approximate surface area is 151 Å². The van der Waals surface area contributed by atoms with Crippen LogP contribution in [0.1, 0.15) is 82.1 Å². The molecule has 136 valence electrons. The molecule has 0 nitrogen and oxygen atoms in total. The molecule has 0 heterocycles. The Balaban J connectivity index is 0. The second-order valence-electron chi connectivity index (χ2n) is 7.73. The van der Waals surface area contributed by atoms with Gasteiger partial charge in [0.15, 0.2) is 0 Å². The van der Waals surface area contributed by atoms with Crippen LogP contribution in [0, 0.1) is 23.7 Å². The highest BCUT2D eigenvalue weighted by molar-refractivity contribution is 8.00. The molecule has 0 aliphatic carbocycles. The summed E-state index contributed by atoms with van der Waals surface area (Å²) in [7, 11) is 0. The Morgan fingerprint density at radius 3 is 0.955 bits per heavy atom. The summed E-state index contributed by atoms with van der Waals surface area (Å²) in [6, 6.07) is 0. The maximum atomic E-state index is 2.33. The lowest BCUT2D eigenvalue weighted by molar-refractivity contribution is 0.490. The molecule has 0 fully saturated rings. The van der Waals surface area contributed by atoms with Gasteiger partial charge in [-0.25, -0.2) is 0 Å². The van der Waals surface area contributed by atoms with Crippen molar-refractivity contribution in [1.29, 1.82) is 0 Å². The molecule has 0 aliphatic heterocycles. The Hall–Kier alpha value is 0.700. The summed E-state index contributed by atoms with van der Waals surface area (Å²) >= 11 is 4.23. The monoisotopic (exact) mass is 348 g/mol. The Morgan fingerprint density at radius 2 is 0.818 bits per heavy atom. The van der Waals surface area contributed by atoms with Gasteiger partial charge in [-0.05, 0) is 48.0 Å². The zero-order valence-corrected chi connectivity index (χ0v) is 18.7. The molecule has 2 atom stereocenters. The maximum Gasteiger partial charge on any atom is 0.00723 e. The van der Waals surface area contributed by atoms with Crippen LogP contribution in [0.4, 0.5) is 0 Å². The zero-order valence-electron chi connectivity index (χ0n) is 17.1. The number of rotatable bonds is 10. The molecule has 0 aromatic heterocycles. The highest BCUT2D eigenvalue weighted by Gasteiger charge is 2.14. The van der Waals surface area contributed by atoms with Gasteiger partial charge in [0.25, 0.3) is 0 Å². The summed E-state index contributed by atoms with van der Waals surface area (Å²) in [5.74, 6) is 5.89. The van der Waals surface area contributed by atoms with E-state index in [1.165, 1.54) is 24.3 Å². The normalized spacial score (nSPS) is 14.5. The van der Waals surface area contributed by atoms with E-state index < -0.39 is 0 Å². The van der Waals surface area contributed by atoms with Gasteiger partial charge in [0.05, 0.1) is 0 Å². The van der Waals surface area contributed by atoms with Crippen LogP contribution in [-0.4, -0.2) is 22.0 Å². The molecule has 2 heteroatoms. The molecule has 0 aromatic carbocycles. The lowest BCUT2D eigenvalue weighted by Gasteiger charge is -2.21. The van der Waals surface area contributed by atoms with E-state index in [1.807, 2.05) is 0 Å². The van der Waals surface area contributed by atoms with Crippen LogP contribution >= 0.6 is 23.5 Å². The molecule has 0 saturated heterocycles. The van der Waals surface area contributed by atoms with Crippen LogP contribution in [0.25, 0.3) is 0 Å². The van der Waals surface area contributed by atoms with Crippen molar-refractivity contribution in [3.8, 4) is 0 Å². The van der Waals surface area contributed by atoms with E-state index in [9.17, 15) is 0 Å². The van der Waals surface area contributed by atoms with E-state index >= 15 is 0 Å². The van der Waals surface area contributed by atoms with Gasteiger partial charge in [0.1, 0.15) is 0 Å². The van der Waals surface area contributed by atoms with Gasteiger partial charge in [-0.15, -0.1) is 0 Å². The van der Waals surface area contributed by atoms with Crippen molar-refractivity contribution in [3.63, 3.8) is 0 Å². The largest absolute Gasteiger partial charge is 0.159 e. The first-order chi connectivity index (χ1) is 10.1. The van der Waals surface area contributed by atoms with E-state index in [-0.39, 0.29) is 0 Å². The van der Waals surface area contributed by atoms with E-state index in [2.05, 4.69) is 92.8 Å². The smallest absolute Gasteiger partial charge is 0.00723 e. The minimum Gasteiger partial charge on any atom is -0.159 e. The molecule has 0 saturated carbocycles. The van der Waals surface area contributed by atoms with Crippen molar-refractivity contribution in [3.05, 3.63) is 0 Å². The summed E-state index contributed by atoms with van der Waals surface area (Å²) in [5, 5.41) is 1.75. The Bertz CT molecular complexity index is 198. The number of hydrogen-bond acceptors (Lipinski definition) is 2. The molecule has 0 bridgehead atoms. The predicted molar refractivity (Wildman–Crippen MR) is 112 cm³/mol. The van der Waals surface area contributed by atoms with Crippen LogP contribution in [0.3, 0.4) is 0 Å². The average Bonchev–Trinajstić information content (AvgIpc) is 2.37. The Kier molecular flexibility index (Phi) is 17.3. The minimum atomic E-state index is 0.836. The fraction of sp³-hybridized carbons (Fsp3) is 1.00. The topological polar surface area (TPSA) is 0 Å². The third-order valence-corrected chi connectivity index (χ3v) is 6.65. The second kappa shape index (κ2) is 15.2. The van der Waals surface area contributed by atoms with Gasteiger partial charge in [-0.2, -0.15) is 23.5 Å². The highest BCUT2D eigenvalue weighted by atomic mass is 32.2. The predicted octanol–water partition coefficient (Wildman–Crippen LogP) is 7.62. The quantitative estimate of drug-likeness (QED) is 0.398. The summed E-state index contributed by atoms with van der Waals surface area (Å²) in [6.07, 6.45) is 2.74. The van der Waals surface area contributed by atoms with Crippen LogP contribution in [0.5, 0.6) is 0 Å². The lowest BCUT2D eigenvalue weighted by Crippen LogP contribution is -2.14. The van der Waals surface area contributed by atoms with Crippen molar-refractivity contribution in [1.82, 2.24) is 0 Å². The van der Waals surface area contributed by atoms with Crippen molar-refractivity contribution < 1.29 is 0 Å². The lowest BCUT2D eigenvalue weighted by atomic mass is 10.0. The van der Waals surface area contributed by atoms with Crippen molar-refractivity contribution >= 4 is 23.5 Å². The van der Waals surface area contributed by atoms with Crippen molar-refractivity contribution in [2.75, 3.05) is 11.5 Å². The molecule has 0 spiro atoms. The molecule has 0 radical (unpaired) electrons. The van der Waals surface area contributed by atoms with E-state index in [0.717, 1.165) is 34.2 Å². The molecule has 2 unspecified atom stereocenters. The van der Waals surface area contributed by atoms with E-state index in [4.69, 9.17) is 0 Å². The zero-order chi connectivity index (χ0) is 17.7.